The van der Waals surface area contributed by atoms with Crippen molar-refractivity contribution >= 4 is 29.3 Å². The average Bonchev–Trinajstić information content (AvgIpc) is 3.53. The summed E-state index contributed by atoms with van der Waals surface area (Å²) in [4.78, 5) is 50.7. The fraction of sp³-hybridized carbons (Fsp3) is 0.286. The highest BCUT2D eigenvalue weighted by atomic mass is 16.5. The normalized spacial score (nSPS) is 15.0. The van der Waals surface area contributed by atoms with Gasteiger partial charge in [-0.15, -0.1) is 0 Å². The van der Waals surface area contributed by atoms with Crippen LogP contribution in [0.4, 0.5) is 5.69 Å². The van der Waals surface area contributed by atoms with Crippen molar-refractivity contribution in [2.75, 3.05) is 11.5 Å². The highest BCUT2D eigenvalue weighted by molar-refractivity contribution is 6.20. The van der Waals surface area contributed by atoms with Gasteiger partial charge in [0.1, 0.15) is 0 Å². The smallest absolute Gasteiger partial charge is 0.338 e. The molecule has 2 aliphatic rings. The summed E-state index contributed by atoms with van der Waals surface area (Å²) in [5, 5.41) is 0. The van der Waals surface area contributed by atoms with Crippen LogP contribution in [0.15, 0.2) is 48.5 Å². The number of aromatic nitrogens is 1. The number of Topliss-reactive ketones (excluding diaryl/α,β-unsaturated/α-hetero) is 1. The highest BCUT2D eigenvalue weighted by Crippen LogP contribution is 2.28. The van der Waals surface area contributed by atoms with E-state index in [9.17, 15) is 19.2 Å². The van der Waals surface area contributed by atoms with Gasteiger partial charge in [0.2, 0.25) is 17.6 Å². The van der Waals surface area contributed by atoms with Gasteiger partial charge in [0.15, 0.2) is 6.61 Å². The summed E-state index contributed by atoms with van der Waals surface area (Å²) >= 11 is 0. The summed E-state index contributed by atoms with van der Waals surface area (Å²) in [6.45, 7) is 3.44. The molecular weight excluding hydrogens is 444 g/mol. The van der Waals surface area contributed by atoms with E-state index in [1.165, 1.54) is 29.7 Å². The third kappa shape index (κ3) is 4.18. The summed E-state index contributed by atoms with van der Waals surface area (Å²) in [6, 6.07) is 14.4. The van der Waals surface area contributed by atoms with E-state index in [1.54, 1.807) is 12.1 Å². The monoisotopic (exact) mass is 470 g/mol. The second kappa shape index (κ2) is 8.98. The number of ether oxygens (including phenoxy) is 1. The molecule has 1 aliphatic carbocycles. The Bertz CT molecular complexity index is 1370. The number of fused-ring (bicyclic) bond motifs is 1. The number of nitrogens with zero attached hydrogens (tertiary/aromatic N) is 2. The molecule has 1 saturated heterocycles. The minimum Gasteiger partial charge on any atom is -0.454 e. The summed E-state index contributed by atoms with van der Waals surface area (Å²) < 4.78 is 7.36. The number of carbonyl (C=O) groups is 4. The van der Waals surface area contributed by atoms with Crippen molar-refractivity contribution < 1.29 is 23.9 Å². The van der Waals surface area contributed by atoms with E-state index < -0.39 is 12.6 Å². The Balaban J connectivity index is 1.30. The van der Waals surface area contributed by atoms with Gasteiger partial charge in [-0.3, -0.25) is 19.3 Å². The zero-order valence-electron chi connectivity index (χ0n) is 19.8. The Morgan fingerprint density at radius 2 is 1.60 bits per heavy atom. The first-order chi connectivity index (χ1) is 16.8. The summed E-state index contributed by atoms with van der Waals surface area (Å²) in [6.07, 6.45) is 3.68. The van der Waals surface area contributed by atoms with Gasteiger partial charge in [-0.2, -0.15) is 0 Å². The van der Waals surface area contributed by atoms with E-state index in [0.29, 0.717) is 11.3 Å². The van der Waals surface area contributed by atoms with Crippen LogP contribution in [-0.2, 0) is 27.2 Å². The molecule has 0 radical (unpaired) electrons. The number of hydrogen-bond acceptors (Lipinski definition) is 5. The van der Waals surface area contributed by atoms with Crippen LogP contribution in [0.5, 0.6) is 0 Å². The molecule has 2 heterocycles. The molecule has 0 bridgehead atoms. The zero-order chi connectivity index (χ0) is 24.7. The van der Waals surface area contributed by atoms with Crippen LogP contribution >= 0.6 is 0 Å². The topological polar surface area (TPSA) is 85.7 Å². The Labute approximate surface area is 203 Å². The van der Waals surface area contributed by atoms with Gasteiger partial charge < -0.3 is 9.30 Å². The Hall–Kier alpha value is -4.00. The number of rotatable bonds is 6. The minimum atomic E-state index is -0.688. The molecule has 0 spiro atoms. The van der Waals surface area contributed by atoms with E-state index in [0.717, 1.165) is 34.8 Å². The van der Waals surface area contributed by atoms with Crippen LogP contribution in [0.1, 0.15) is 62.5 Å². The van der Waals surface area contributed by atoms with Crippen LogP contribution in [0.2, 0.25) is 0 Å². The lowest BCUT2D eigenvalue weighted by Crippen LogP contribution is -2.28. The molecule has 0 unspecified atom stereocenters. The molecule has 3 aromatic rings. The van der Waals surface area contributed by atoms with E-state index in [2.05, 4.69) is 22.8 Å². The molecule has 0 atom stereocenters. The van der Waals surface area contributed by atoms with Crippen LogP contribution < -0.4 is 4.90 Å². The molecule has 7 nitrogen and oxygen atoms in total. The fourth-order valence-electron chi connectivity index (χ4n) is 5.07. The number of amides is 2. The van der Waals surface area contributed by atoms with Crippen molar-refractivity contribution in [3.8, 4) is 5.69 Å². The van der Waals surface area contributed by atoms with Gasteiger partial charge in [0, 0.05) is 35.5 Å². The maximum Gasteiger partial charge on any atom is 0.338 e. The number of hydrogen-bond donors (Lipinski definition) is 0. The molecule has 178 valence electrons. The Morgan fingerprint density at radius 3 is 2.37 bits per heavy atom. The predicted octanol–water partition coefficient (Wildman–Crippen LogP) is 4.28. The zero-order valence-corrected chi connectivity index (χ0v) is 19.8. The van der Waals surface area contributed by atoms with Crippen molar-refractivity contribution in [1.29, 1.82) is 0 Å². The van der Waals surface area contributed by atoms with Crippen molar-refractivity contribution in [2.45, 2.75) is 46.0 Å². The highest BCUT2D eigenvalue weighted by Gasteiger charge is 2.30. The second-order valence-corrected chi connectivity index (χ2v) is 9.10. The van der Waals surface area contributed by atoms with Crippen LogP contribution in [-0.4, -0.2) is 34.7 Å². The first kappa shape index (κ1) is 22.8. The van der Waals surface area contributed by atoms with Crippen molar-refractivity contribution in [2.24, 2.45) is 0 Å². The summed E-state index contributed by atoms with van der Waals surface area (Å²) in [5.74, 6) is -1.57. The predicted molar refractivity (Wildman–Crippen MR) is 130 cm³/mol. The minimum absolute atomic E-state index is 0.159. The molecule has 35 heavy (non-hydrogen) atoms. The molecule has 2 amide bonds. The number of ketones is 1. The van der Waals surface area contributed by atoms with Gasteiger partial charge in [0.25, 0.3) is 0 Å². The van der Waals surface area contributed by atoms with E-state index in [4.69, 9.17) is 4.74 Å². The third-order valence-corrected chi connectivity index (χ3v) is 6.80. The Kier molecular flexibility index (Phi) is 5.84. The number of imide groups is 1. The number of benzene rings is 2. The molecule has 1 aromatic heterocycles. The van der Waals surface area contributed by atoms with Crippen LogP contribution in [0.25, 0.3) is 5.69 Å². The SMILES string of the molecule is Cc1cc(C(=O)COC(=O)c2cccc(N3C(=O)CCC3=O)c2)c(C)n1-c1ccc2c(c1)CCC2. The lowest BCUT2D eigenvalue weighted by atomic mass is 10.1. The second-order valence-electron chi connectivity index (χ2n) is 9.10. The van der Waals surface area contributed by atoms with Crippen molar-refractivity contribution in [3.05, 3.63) is 82.2 Å². The summed E-state index contributed by atoms with van der Waals surface area (Å²) in [7, 11) is 0. The van der Waals surface area contributed by atoms with E-state index in [1.807, 2.05) is 19.9 Å². The van der Waals surface area contributed by atoms with E-state index >= 15 is 0 Å². The molecule has 2 aromatic carbocycles. The first-order valence-corrected chi connectivity index (χ1v) is 11.8. The van der Waals surface area contributed by atoms with Gasteiger partial charge in [-0.1, -0.05) is 12.1 Å². The van der Waals surface area contributed by atoms with Crippen LogP contribution in [0, 0.1) is 13.8 Å². The van der Waals surface area contributed by atoms with Gasteiger partial charge in [0.05, 0.1) is 11.3 Å². The van der Waals surface area contributed by atoms with E-state index in [-0.39, 0.29) is 36.0 Å². The van der Waals surface area contributed by atoms with Crippen LogP contribution in [0.3, 0.4) is 0 Å². The largest absolute Gasteiger partial charge is 0.454 e. The summed E-state index contributed by atoms with van der Waals surface area (Å²) in [5.41, 5.74) is 6.52. The standard InChI is InChI=1S/C28H26N2O5/c1-17-13-24(18(2)29(17)23-10-9-19-5-3-6-20(19)14-23)25(31)16-35-28(34)21-7-4-8-22(15-21)30-26(32)11-12-27(30)33/h4,7-10,13-15H,3,5-6,11-12,16H2,1-2H3. The molecular formula is C28H26N2O5. The molecule has 1 fully saturated rings. The lowest BCUT2D eigenvalue weighted by molar-refractivity contribution is -0.121. The number of esters is 1. The molecule has 0 N–H and O–H groups in total. The number of carbonyl (C=O) groups excluding carboxylic acids is 4. The maximum absolute atomic E-state index is 13.0. The number of anilines is 1. The lowest BCUT2D eigenvalue weighted by Gasteiger charge is -2.14. The average molecular weight is 471 g/mol. The van der Waals surface area contributed by atoms with Gasteiger partial charge >= 0.3 is 5.97 Å². The molecule has 1 aliphatic heterocycles. The van der Waals surface area contributed by atoms with Crippen molar-refractivity contribution in [3.63, 3.8) is 0 Å². The Morgan fingerprint density at radius 1 is 0.857 bits per heavy atom. The number of aryl methyl sites for hydroxylation is 3. The maximum atomic E-state index is 13.0. The molecule has 5 rings (SSSR count). The molecule has 7 heteroatoms. The van der Waals surface area contributed by atoms with Gasteiger partial charge in [-0.05, 0) is 80.6 Å². The third-order valence-electron chi connectivity index (χ3n) is 6.80. The fourth-order valence-corrected chi connectivity index (χ4v) is 5.07. The quantitative estimate of drug-likeness (QED) is 0.305. The van der Waals surface area contributed by atoms with Crippen molar-refractivity contribution in [1.82, 2.24) is 4.57 Å². The first-order valence-electron chi connectivity index (χ1n) is 11.8. The van der Waals surface area contributed by atoms with Gasteiger partial charge in [-0.25, -0.2) is 4.79 Å². The molecule has 0 saturated carbocycles.